The van der Waals surface area contributed by atoms with Gasteiger partial charge >= 0.3 is 0 Å². The maximum Gasteiger partial charge on any atom is 0.279 e. The highest BCUT2D eigenvalue weighted by Gasteiger charge is 2.15. The third-order valence-electron chi connectivity index (χ3n) is 3.84. The summed E-state index contributed by atoms with van der Waals surface area (Å²) in [6.45, 7) is 4.04. The van der Waals surface area contributed by atoms with Crippen LogP contribution in [0.2, 0.25) is 0 Å². The first-order valence-electron chi connectivity index (χ1n) is 7.81. The van der Waals surface area contributed by atoms with Gasteiger partial charge in [-0.25, -0.2) is 4.98 Å². The molecule has 0 unspecified atom stereocenters. The number of carbonyl (C=O) groups excluding carboxylic acids is 1. The number of carbonyl (C=O) groups is 1. The number of aryl methyl sites for hydroxylation is 2. The summed E-state index contributed by atoms with van der Waals surface area (Å²) in [6.07, 6.45) is 0. The quantitative estimate of drug-likeness (QED) is 0.576. The number of aromatic nitrogens is 2. The van der Waals surface area contributed by atoms with Gasteiger partial charge in [0.1, 0.15) is 0 Å². The molecule has 0 bridgehead atoms. The van der Waals surface area contributed by atoms with Crippen molar-refractivity contribution in [3.8, 4) is 11.3 Å². The van der Waals surface area contributed by atoms with Crippen molar-refractivity contribution in [2.45, 2.75) is 13.8 Å². The maximum atomic E-state index is 12.4. The molecule has 0 aliphatic heterocycles. The Morgan fingerprint density at radius 2 is 1.80 bits per heavy atom. The van der Waals surface area contributed by atoms with Crippen molar-refractivity contribution in [1.82, 2.24) is 10.1 Å². The van der Waals surface area contributed by atoms with Gasteiger partial charge in [-0.2, -0.15) is 0 Å². The number of nitrogens with one attached hydrogen (secondary N) is 1. The summed E-state index contributed by atoms with van der Waals surface area (Å²) in [4.78, 5) is 16.8. The summed E-state index contributed by atoms with van der Waals surface area (Å²) in [5, 5.41) is 7.20. The van der Waals surface area contributed by atoms with Crippen LogP contribution in [-0.4, -0.2) is 16.0 Å². The third-order valence-corrected chi connectivity index (χ3v) is 4.78. The van der Waals surface area contributed by atoms with Gasteiger partial charge in [0, 0.05) is 11.6 Å². The number of nitrogens with zero attached hydrogens (tertiary/aromatic N) is 2. The average molecular weight is 349 g/mol. The van der Waals surface area contributed by atoms with Crippen LogP contribution in [0.15, 0.2) is 53.1 Å². The highest BCUT2D eigenvalue weighted by atomic mass is 32.1. The van der Waals surface area contributed by atoms with Crippen LogP contribution in [0.3, 0.4) is 0 Å². The highest BCUT2D eigenvalue weighted by Crippen LogP contribution is 2.27. The Hall–Kier alpha value is -2.99. The number of anilines is 1. The van der Waals surface area contributed by atoms with E-state index >= 15 is 0 Å². The minimum Gasteiger partial charge on any atom is -0.355 e. The third kappa shape index (κ3) is 3.16. The standard InChI is InChI=1S/C19H15N3O2S/c1-11-3-6-13(7-4-11)16-10-15(22-24-16)18(23)21-19-20-14-8-5-12(2)9-17(14)25-19/h3-10H,1-2H3,(H,20,21,23). The van der Waals surface area contributed by atoms with Gasteiger partial charge in [-0.1, -0.05) is 52.4 Å². The van der Waals surface area contributed by atoms with Gasteiger partial charge in [-0.15, -0.1) is 0 Å². The smallest absolute Gasteiger partial charge is 0.279 e. The van der Waals surface area contributed by atoms with Crippen LogP contribution < -0.4 is 5.32 Å². The van der Waals surface area contributed by atoms with Crippen LogP contribution in [0.5, 0.6) is 0 Å². The van der Waals surface area contributed by atoms with Crippen LogP contribution in [0, 0.1) is 13.8 Å². The molecule has 0 aliphatic rings. The fraction of sp³-hybridized carbons (Fsp3) is 0.105. The number of rotatable bonds is 3. The minimum atomic E-state index is -0.335. The van der Waals surface area contributed by atoms with Crippen molar-refractivity contribution in [3.05, 3.63) is 65.4 Å². The lowest BCUT2D eigenvalue weighted by Gasteiger charge is -1.96. The lowest BCUT2D eigenvalue weighted by atomic mass is 10.1. The van der Waals surface area contributed by atoms with Gasteiger partial charge in [-0.3, -0.25) is 10.1 Å². The maximum absolute atomic E-state index is 12.4. The molecule has 0 spiro atoms. The minimum absolute atomic E-state index is 0.228. The Balaban J connectivity index is 1.55. The van der Waals surface area contributed by atoms with E-state index < -0.39 is 0 Å². The van der Waals surface area contributed by atoms with E-state index in [-0.39, 0.29) is 11.6 Å². The van der Waals surface area contributed by atoms with Crippen LogP contribution >= 0.6 is 11.3 Å². The predicted octanol–water partition coefficient (Wildman–Crippen LogP) is 4.82. The van der Waals surface area contributed by atoms with Crippen molar-refractivity contribution in [2.24, 2.45) is 0 Å². The molecule has 2 heterocycles. The molecular formula is C19H15N3O2S. The molecular weight excluding hydrogens is 334 g/mol. The van der Waals surface area contributed by atoms with E-state index in [1.54, 1.807) is 6.07 Å². The second-order valence-electron chi connectivity index (χ2n) is 5.89. The summed E-state index contributed by atoms with van der Waals surface area (Å²) >= 11 is 1.44. The zero-order valence-electron chi connectivity index (χ0n) is 13.7. The summed E-state index contributed by atoms with van der Waals surface area (Å²) in [6, 6.07) is 15.5. The number of benzene rings is 2. The van der Waals surface area contributed by atoms with Gasteiger partial charge in [0.2, 0.25) is 0 Å². The number of hydrogen-bond donors (Lipinski definition) is 1. The van der Waals surface area contributed by atoms with Crippen molar-refractivity contribution < 1.29 is 9.32 Å². The van der Waals surface area contributed by atoms with Crippen molar-refractivity contribution in [1.29, 1.82) is 0 Å². The highest BCUT2D eigenvalue weighted by molar-refractivity contribution is 7.22. The van der Waals surface area contributed by atoms with Gasteiger partial charge < -0.3 is 4.52 Å². The van der Waals surface area contributed by atoms with E-state index in [2.05, 4.69) is 15.5 Å². The summed E-state index contributed by atoms with van der Waals surface area (Å²) < 4.78 is 6.33. The van der Waals surface area contributed by atoms with Gasteiger partial charge in [-0.05, 0) is 31.5 Å². The van der Waals surface area contributed by atoms with E-state index in [1.165, 1.54) is 11.3 Å². The molecule has 0 atom stereocenters. The molecule has 1 amide bonds. The van der Waals surface area contributed by atoms with Gasteiger partial charge in [0.25, 0.3) is 5.91 Å². The van der Waals surface area contributed by atoms with E-state index in [9.17, 15) is 4.79 Å². The number of fused-ring (bicyclic) bond motifs is 1. The second-order valence-corrected chi connectivity index (χ2v) is 6.92. The average Bonchev–Trinajstić information content (AvgIpc) is 3.21. The van der Waals surface area contributed by atoms with E-state index in [0.717, 1.165) is 26.9 Å². The molecule has 5 nitrogen and oxygen atoms in total. The summed E-state index contributed by atoms with van der Waals surface area (Å²) in [7, 11) is 0. The predicted molar refractivity (Wildman–Crippen MR) is 99.0 cm³/mol. The Morgan fingerprint density at radius 3 is 2.60 bits per heavy atom. The zero-order valence-corrected chi connectivity index (χ0v) is 14.6. The molecule has 0 saturated carbocycles. The van der Waals surface area contributed by atoms with Crippen LogP contribution in [0.25, 0.3) is 21.5 Å². The lowest BCUT2D eigenvalue weighted by Crippen LogP contribution is -2.11. The van der Waals surface area contributed by atoms with Crippen LogP contribution in [0.1, 0.15) is 21.6 Å². The number of hydrogen-bond acceptors (Lipinski definition) is 5. The van der Waals surface area contributed by atoms with Crippen molar-refractivity contribution in [3.63, 3.8) is 0 Å². The molecule has 0 radical (unpaired) electrons. The first-order chi connectivity index (χ1) is 12.1. The molecule has 1 N–H and O–H groups in total. The number of amides is 1. The lowest BCUT2D eigenvalue weighted by molar-refractivity contribution is 0.101. The van der Waals surface area contributed by atoms with Crippen molar-refractivity contribution >= 4 is 32.6 Å². The Bertz CT molecular complexity index is 1060. The second kappa shape index (κ2) is 6.14. The monoisotopic (exact) mass is 349 g/mol. The Morgan fingerprint density at radius 1 is 1.04 bits per heavy atom. The first kappa shape index (κ1) is 15.5. The molecule has 0 saturated heterocycles. The molecule has 2 aromatic carbocycles. The zero-order chi connectivity index (χ0) is 17.4. The van der Waals surface area contributed by atoms with E-state index in [1.807, 2.05) is 56.3 Å². The molecule has 6 heteroatoms. The summed E-state index contributed by atoms with van der Waals surface area (Å²) in [5.41, 5.74) is 4.30. The fourth-order valence-corrected chi connectivity index (χ4v) is 3.44. The topological polar surface area (TPSA) is 68.0 Å². The van der Waals surface area contributed by atoms with Gasteiger partial charge in [0.05, 0.1) is 10.2 Å². The molecule has 4 aromatic rings. The largest absolute Gasteiger partial charge is 0.355 e. The van der Waals surface area contributed by atoms with Gasteiger partial charge in [0.15, 0.2) is 16.6 Å². The molecule has 2 aromatic heterocycles. The summed E-state index contributed by atoms with van der Waals surface area (Å²) in [5.74, 6) is 0.225. The fourth-order valence-electron chi connectivity index (χ4n) is 2.48. The molecule has 0 aliphatic carbocycles. The molecule has 0 fully saturated rings. The van der Waals surface area contributed by atoms with E-state index in [4.69, 9.17) is 4.52 Å². The van der Waals surface area contributed by atoms with Crippen LogP contribution in [0.4, 0.5) is 5.13 Å². The Kier molecular flexibility index (Phi) is 3.82. The first-order valence-corrected chi connectivity index (χ1v) is 8.62. The van der Waals surface area contributed by atoms with Crippen LogP contribution in [-0.2, 0) is 0 Å². The Labute approximate surface area is 148 Å². The SMILES string of the molecule is Cc1ccc(-c2cc(C(=O)Nc3nc4ccc(C)cc4s3)no2)cc1. The molecule has 4 rings (SSSR count). The molecule has 25 heavy (non-hydrogen) atoms. The number of thiazole rings is 1. The normalized spacial score (nSPS) is 11.0. The van der Waals surface area contributed by atoms with Crippen molar-refractivity contribution in [2.75, 3.05) is 5.32 Å². The molecule has 124 valence electrons. The van der Waals surface area contributed by atoms with E-state index in [0.29, 0.717) is 10.9 Å².